The van der Waals surface area contributed by atoms with Crippen LogP contribution in [0.15, 0.2) is 65.3 Å². The maximum absolute atomic E-state index is 12.8. The molecule has 4 nitrogen and oxygen atoms in total. The highest BCUT2D eigenvalue weighted by Crippen LogP contribution is 2.26. The van der Waals surface area contributed by atoms with Crippen molar-refractivity contribution in [3.63, 3.8) is 0 Å². The molecule has 0 amide bonds. The standard InChI is InChI=1S/C17H13F3O4S/c1-12-7-9-14(10-8-12)25(22,23)24-15(16(21)17(18,19)20)11-13-5-3-2-4-6-13/h2-11H,1H3/b15-11-. The molecule has 132 valence electrons. The molecule has 8 heteroatoms. The molecule has 0 saturated carbocycles. The SMILES string of the molecule is Cc1ccc(S(=O)(=O)O/C(=C\c2ccccc2)C(=O)C(F)(F)F)cc1. The molecule has 25 heavy (non-hydrogen) atoms. The highest BCUT2D eigenvalue weighted by Gasteiger charge is 2.43. The number of carbonyl (C=O) groups is 1. The molecule has 2 rings (SSSR count). The number of halogens is 3. The van der Waals surface area contributed by atoms with E-state index in [-0.39, 0.29) is 10.5 Å². The number of ketones is 1. The normalized spacial score (nSPS) is 12.7. The Hall–Kier alpha value is -2.61. The van der Waals surface area contributed by atoms with Crippen LogP contribution in [0.3, 0.4) is 0 Å². The number of Topliss-reactive ketones (excluding diaryl/α,β-unsaturated/α-hetero) is 1. The van der Waals surface area contributed by atoms with Crippen LogP contribution in [0.1, 0.15) is 11.1 Å². The largest absolute Gasteiger partial charge is 0.458 e. The van der Waals surface area contributed by atoms with Crippen molar-refractivity contribution in [2.45, 2.75) is 18.0 Å². The van der Waals surface area contributed by atoms with Gasteiger partial charge >= 0.3 is 22.1 Å². The summed E-state index contributed by atoms with van der Waals surface area (Å²) in [7, 11) is -4.59. The molecule has 0 bridgehead atoms. The van der Waals surface area contributed by atoms with E-state index in [4.69, 9.17) is 0 Å². The number of alkyl halides is 3. The fourth-order valence-electron chi connectivity index (χ4n) is 1.84. The Morgan fingerprint density at radius 2 is 1.56 bits per heavy atom. The number of benzene rings is 2. The van der Waals surface area contributed by atoms with Gasteiger partial charge in [-0.1, -0.05) is 48.0 Å². The summed E-state index contributed by atoms with van der Waals surface area (Å²) in [5.41, 5.74) is 0.944. The summed E-state index contributed by atoms with van der Waals surface area (Å²) >= 11 is 0. The molecule has 0 aliphatic carbocycles. The lowest BCUT2D eigenvalue weighted by Gasteiger charge is -2.12. The van der Waals surface area contributed by atoms with Crippen molar-refractivity contribution in [1.29, 1.82) is 0 Å². The van der Waals surface area contributed by atoms with Crippen molar-refractivity contribution in [2.24, 2.45) is 0 Å². The van der Waals surface area contributed by atoms with Crippen molar-refractivity contribution in [2.75, 3.05) is 0 Å². The number of carbonyl (C=O) groups excluding carboxylic acids is 1. The van der Waals surface area contributed by atoms with E-state index in [2.05, 4.69) is 4.18 Å². The molecule has 0 aromatic heterocycles. The van der Waals surface area contributed by atoms with Crippen LogP contribution in [0, 0.1) is 6.92 Å². The lowest BCUT2D eigenvalue weighted by molar-refractivity contribution is -0.168. The first-order valence-corrected chi connectivity index (χ1v) is 8.40. The summed E-state index contributed by atoms with van der Waals surface area (Å²) in [6, 6.07) is 12.8. The highest BCUT2D eigenvalue weighted by atomic mass is 32.2. The second kappa shape index (κ2) is 7.10. The third kappa shape index (κ3) is 4.93. The smallest absolute Gasteiger partial charge is 0.375 e. The predicted octanol–water partition coefficient (Wildman–Crippen LogP) is 3.87. The van der Waals surface area contributed by atoms with Gasteiger partial charge in [0.25, 0.3) is 0 Å². The van der Waals surface area contributed by atoms with Crippen LogP contribution in [-0.2, 0) is 19.1 Å². The lowest BCUT2D eigenvalue weighted by atomic mass is 10.2. The van der Waals surface area contributed by atoms with Gasteiger partial charge in [0.15, 0.2) is 5.76 Å². The van der Waals surface area contributed by atoms with Crippen LogP contribution in [0.25, 0.3) is 6.08 Å². The van der Waals surface area contributed by atoms with Crippen LogP contribution in [0.2, 0.25) is 0 Å². The van der Waals surface area contributed by atoms with E-state index in [9.17, 15) is 26.4 Å². The van der Waals surface area contributed by atoms with Crippen molar-refractivity contribution in [3.05, 3.63) is 71.5 Å². The fourth-order valence-corrected chi connectivity index (χ4v) is 2.76. The third-order valence-electron chi connectivity index (χ3n) is 3.09. The minimum absolute atomic E-state index is 0.189. The van der Waals surface area contributed by atoms with Crippen molar-refractivity contribution in [1.82, 2.24) is 0 Å². The first-order valence-electron chi connectivity index (χ1n) is 6.99. The zero-order chi connectivity index (χ0) is 18.7. The molecular weight excluding hydrogens is 357 g/mol. The molecule has 0 saturated heterocycles. The Morgan fingerprint density at radius 3 is 2.08 bits per heavy atom. The molecule has 2 aromatic carbocycles. The summed E-state index contributed by atoms with van der Waals surface area (Å²) in [6.07, 6.45) is -4.54. The fraction of sp³-hybridized carbons (Fsp3) is 0.118. The van der Waals surface area contributed by atoms with E-state index in [1.54, 1.807) is 13.0 Å². The molecule has 0 radical (unpaired) electrons. The summed E-state index contributed by atoms with van der Waals surface area (Å²) in [5, 5.41) is 0. The maximum atomic E-state index is 12.8. The lowest BCUT2D eigenvalue weighted by Crippen LogP contribution is -2.27. The minimum Gasteiger partial charge on any atom is -0.375 e. The number of rotatable bonds is 5. The van der Waals surface area contributed by atoms with Gasteiger partial charge in [-0.05, 0) is 30.7 Å². The minimum atomic E-state index is -5.27. The van der Waals surface area contributed by atoms with Crippen LogP contribution in [-0.4, -0.2) is 20.4 Å². The van der Waals surface area contributed by atoms with Crippen LogP contribution in [0.4, 0.5) is 13.2 Å². The summed E-state index contributed by atoms with van der Waals surface area (Å²) < 4.78 is 67.2. The monoisotopic (exact) mass is 370 g/mol. The van der Waals surface area contributed by atoms with Gasteiger partial charge in [-0.15, -0.1) is 0 Å². The van der Waals surface area contributed by atoms with Gasteiger partial charge in [0.1, 0.15) is 4.90 Å². The first-order chi connectivity index (χ1) is 11.6. The van der Waals surface area contributed by atoms with E-state index in [1.165, 1.54) is 48.5 Å². The first kappa shape index (κ1) is 18.7. The average molecular weight is 370 g/mol. The zero-order valence-electron chi connectivity index (χ0n) is 12.9. The zero-order valence-corrected chi connectivity index (χ0v) is 13.8. The third-order valence-corrected chi connectivity index (χ3v) is 4.34. The van der Waals surface area contributed by atoms with Gasteiger partial charge in [-0.25, -0.2) is 0 Å². The van der Waals surface area contributed by atoms with E-state index in [0.717, 1.165) is 11.6 Å². The van der Waals surface area contributed by atoms with Gasteiger partial charge in [-0.3, -0.25) is 4.79 Å². The number of aryl methyl sites for hydroxylation is 1. The molecule has 0 aliphatic rings. The van der Waals surface area contributed by atoms with Crippen LogP contribution in [0.5, 0.6) is 0 Å². The van der Waals surface area contributed by atoms with Crippen molar-refractivity contribution in [3.8, 4) is 0 Å². The molecule has 0 N–H and O–H groups in total. The number of allylic oxidation sites excluding steroid dienone is 1. The van der Waals surface area contributed by atoms with E-state index < -0.39 is 27.8 Å². The second-order valence-corrected chi connectivity index (χ2v) is 6.64. The Kier molecular flexibility index (Phi) is 5.32. The Balaban J connectivity index is 2.44. The van der Waals surface area contributed by atoms with Crippen LogP contribution < -0.4 is 0 Å². The summed E-state index contributed by atoms with van der Waals surface area (Å²) in [6.45, 7) is 1.71. The molecule has 0 heterocycles. The van der Waals surface area contributed by atoms with E-state index >= 15 is 0 Å². The summed E-state index contributed by atoms with van der Waals surface area (Å²) in [5.74, 6) is -3.70. The molecule has 2 aromatic rings. The molecule has 0 spiro atoms. The topological polar surface area (TPSA) is 60.4 Å². The Bertz CT molecular complexity index is 884. The predicted molar refractivity (Wildman–Crippen MR) is 84.9 cm³/mol. The number of hydrogen-bond acceptors (Lipinski definition) is 4. The van der Waals surface area contributed by atoms with Gasteiger partial charge in [0.2, 0.25) is 0 Å². The Labute approximate surface area is 142 Å². The summed E-state index contributed by atoms with van der Waals surface area (Å²) in [4.78, 5) is 11.2. The number of hydrogen-bond donors (Lipinski definition) is 0. The Morgan fingerprint density at radius 1 is 1.00 bits per heavy atom. The van der Waals surface area contributed by atoms with Gasteiger partial charge in [-0.2, -0.15) is 21.6 Å². The molecule has 0 unspecified atom stereocenters. The van der Waals surface area contributed by atoms with Crippen molar-refractivity contribution < 1.29 is 30.6 Å². The molecule has 0 aliphatic heterocycles. The quantitative estimate of drug-likeness (QED) is 0.455. The molecule has 0 atom stereocenters. The van der Waals surface area contributed by atoms with Gasteiger partial charge < -0.3 is 4.18 Å². The molecular formula is C17H13F3O4S. The highest BCUT2D eigenvalue weighted by molar-refractivity contribution is 7.86. The van der Waals surface area contributed by atoms with Gasteiger partial charge in [0.05, 0.1) is 0 Å². The van der Waals surface area contributed by atoms with Crippen molar-refractivity contribution >= 4 is 22.0 Å². The molecule has 0 fully saturated rings. The average Bonchev–Trinajstić information content (AvgIpc) is 2.54. The maximum Gasteiger partial charge on any atom is 0.458 e. The van der Waals surface area contributed by atoms with Gasteiger partial charge in [0, 0.05) is 0 Å². The second-order valence-electron chi connectivity index (χ2n) is 5.10. The van der Waals surface area contributed by atoms with Crippen LogP contribution >= 0.6 is 0 Å². The van der Waals surface area contributed by atoms with E-state index in [0.29, 0.717) is 0 Å². The van der Waals surface area contributed by atoms with E-state index in [1.807, 2.05) is 0 Å².